The lowest BCUT2D eigenvalue weighted by Gasteiger charge is -2.21. The third-order valence-corrected chi connectivity index (χ3v) is 5.02. The lowest BCUT2D eigenvalue weighted by atomic mass is 10.2. The van der Waals surface area contributed by atoms with Gasteiger partial charge in [0.1, 0.15) is 0 Å². The Morgan fingerprint density at radius 1 is 1.44 bits per heavy atom. The number of thioether (sulfide) groups is 1. The molecule has 1 heterocycles. The first-order valence-electron chi connectivity index (χ1n) is 6.91. The van der Waals surface area contributed by atoms with Gasteiger partial charge < -0.3 is 5.32 Å². The molecule has 1 aliphatic rings. The Labute approximate surface area is 115 Å². The molecule has 1 N–H and O–H groups in total. The molecule has 18 heavy (non-hydrogen) atoms. The zero-order chi connectivity index (χ0) is 13.0. The normalized spacial score (nSPS) is 17.5. The molecular weight excluding hydrogens is 242 g/mol. The van der Waals surface area contributed by atoms with Crippen LogP contribution in [0.4, 0.5) is 0 Å². The molecule has 1 aromatic rings. The molecule has 1 saturated carbocycles. The van der Waals surface area contributed by atoms with E-state index in [1.165, 1.54) is 31.4 Å². The molecule has 0 unspecified atom stereocenters. The van der Waals surface area contributed by atoms with Crippen molar-refractivity contribution in [1.29, 1.82) is 0 Å². The van der Waals surface area contributed by atoms with Crippen molar-refractivity contribution in [3.8, 4) is 0 Å². The van der Waals surface area contributed by atoms with Crippen LogP contribution in [0.15, 0.2) is 12.3 Å². The largest absolute Gasteiger partial charge is 0.310 e. The summed E-state index contributed by atoms with van der Waals surface area (Å²) in [5.74, 6) is 0. The Balaban J connectivity index is 1.80. The summed E-state index contributed by atoms with van der Waals surface area (Å²) >= 11 is 1.90. The van der Waals surface area contributed by atoms with E-state index in [9.17, 15) is 0 Å². The summed E-state index contributed by atoms with van der Waals surface area (Å²) in [5, 5.41) is 8.19. The molecule has 4 heteroatoms. The lowest BCUT2D eigenvalue weighted by Crippen LogP contribution is -2.31. The highest BCUT2D eigenvalue weighted by Crippen LogP contribution is 2.28. The molecule has 102 valence electrons. The van der Waals surface area contributed by atoms with Crippen LogP contribution < -0.4 is 5.32 Å². The lowest BCUT2D eigenvalue weighted by molar-refractivity contribution is 0.460. The van der Waals surface area contributed by atoms with Crippen molar-refractivity contribution >= 4 is 11.8 Å². The predicted molar refractivity (Wildman–Crippen MR) is 79.0 cm³/mol. The standard InChI is InChI=1S/C14H25N3S/c1-14(2,18-3)11-15-10-12-8-9-17(16-12)13-6-4-5-7-13/h8-9,13,15H,4-7,10-11H2,1-3H3. The van der Waals surface area contributed by atoms with E-state index in [0.29, 0.717) is 10.8 Å². The third kappa shape index (κ3) is 3.75. The van der Waals surface area contributed by atoms with Crippen molar-refractivity contribution in [3.63, 3.8) is 0 Å². The second kappa shape index (κ2) is 6.11. The zero-order valence-electron chi connectivity index (χ0n) is 11.8. The van der Waals surface area contributed by atoms with Crippen molar-refractivity contribution in [2.75, 3.05) is 12.8 Å². The van der Waals surface area contributed by atoms with E-state index < -0.39 is 0 Å². The van der Waals surface area contributed by atoms with Crippen LogP contribution in [0.2, 0.25) is 0 Å². The second-order valence-corrected chi connectivity index (χ2v) is 7.31. The Morgan fingerprint density at radius 2 is 2.17 bits per heavy atom. The van der Waals surface area contributed by atoms with E-state index in [0.717, 1.165) is 13.1 Å². The maximum absolute atomic E-state index is 4.69. The molecule has 0 aliphatic heterocycles. The molecule has 0 spiro atoms. The van der Waals surface area contributed by atoms with E-state index in [2.05, 4.69) is 47.5 Å². The van der Waals surface area contributed by atoms with Crippen LogP contribution >= 0.6 is 11.8 Å². The highest BCUT2D eigenvalue weighted by atomic mass is 32.2. The summed E-state index contributed by atoms with van der Waals surface area (Å²) in [5.41, 5.74) is 1.17. The van der Waals surface area contributed by atoms with Crippen molar-refractivity contribution in [2.45, 2.75) is 56.9 Å². The van der Waals surface area contributed by atoms with Gasteiger partial charge in [0.2, 0.25) is 0 Å². The molecule has 2 rings (SSSR count). The molecule has 0 amide bonds. The number of hydrogen-bond acceptors (Lipinski definition) is 3. The van der Waals surface area contributed by atoms with Crippen LogP contribution in [0.1, 0.15) is 51.3 Å². The zero-order valence-corrected chi connectivity index (χ0v) is 12.6. The smallest absolute Gasteiger partial charge is 0.0762 e. The average Bonchev–Trinajstić information content (AvgIpc) is 2.98. The van der Waals surface area contributed by atoms with Crippen molar-refractivity contribution in [2.24, 2.45) is 0 Å². The molecule has 0 saturated heterocycles. The summed E-state index contributed by atoms with van der Waals surface area (Å²) in [6.45, 7) is 6.43. The maximum atomic E-state index is 4.69. The van der Waals surface area contributed by atoms with Gasteiger partial charge >= 0.3 is 0 Å². The third-order valence-electron chi connectivity index (χ3n) is 3.77. The molecule has 0 radical (unpaired) electrons. The van der Waals surface area contributed by atoms with E-state index in [-0.39, 0.29) is 0 Å². The highest BCUT2D eigenvalue weighted by Gasteiger charge is 2.18. The number of nitrogens with zero attached hydrogens (tertiary/aromatic N) is 2. The van der Waals surface area contributed by atoms with Crippen molar-refractivity contribution < 1.29 is 0 Å². The van der Waals surface area contributed by atoms with Crippen LogP contribution in [-0.2, 0) is 6.54 Å². The van der Waals surface area contributed by atoms with Gasteiger partial charge in [-0.25, -0.2) is 0 Å². The van der Waals surface area contributed by atoms with Gasteiger partial charge in [-0.3, -0.25) is 4.68 Å². The fourth-order valence-electron chi connectivity index (χ4n) is 2.41. The van der Waals surface area contributed by atoms with Gasteiger partial charge in [0, 0.05) is 24.0 Å². The monoisotopic (exact) mass is 267 g/mol. The van der Waals surface area contributed by atoms with Gasteiger partial charge in [0.05, 0.1) is 11.7 Å². The average molecular weight is 267 g/mol. The molecule has 0 bridgehead atoms. The minimum atomic E-state index is 0.300. The van der Waals surface area contributed by atoms with E-state index in [1.54, 1.807) is 0 Å². The Kier molecular flexibility index (Phi) is 4.73. The van der Waals surface area contributed by atoms with Gasteiger partial charge in [0.25, 0.3) is 0 Å². The van der Waals surface area contributed by atoms with E-state index >= 15 is 0 Å². The minimum Gasteiger partial charge on any atom is -0.310 e. The molecule has 3 nitrogen and oxygen atoms in total. The molecule has 1 fully saturated rings. The van der Waals surface area contributed by atoms with Crippen molar-refractivity contribution in [1.82, 2.24) is 15.1 Å². The molecule has 1 aromatic heterocycles. The first-order chi connectivity index (χ1) is 8.61. The summed E-state index contributed by atoms with van der Waals surface area (Å²) in [7, 11) is 0. The molecule has 1 aliphatic carbocycles. The first kappa shape index (κ1) is 13.9. The van der Waals surface area contributed by atoms with E-state index in [4.69, 9.17) is 0 Å². The van der Waals surface area contributed by atoms with Crippen LogP contribution in [0.3, 0.4) is 0 Å². The highest BCUT2D eigenvalue weighted by molar-refractivity contribution is 7.99. The Hall–Kier alpha value is -0.480. The first-order valence-corrected chi connectivity index (χ1v) is 8.13. The fourth-order valence-corrected chi connectivity index (χ4v) is 2.65. The molecular formula is C14H25N3S. The number of hydrogen-bond donors (Lipinski definition) is 1. The van der Waals surface area contributed by atoms with Crippen LogP contribution in [0, 0.1) is 0 Å². The van der Waals surface area contributed by atoms with Crippen LogP contribution in [-0.4, -0.2) is 27.3 Å². The van der Waals surface area contributed by atoms with Gasteiger partial charge in [-0.15, -0.1) is 0 Å². The summed E-state index contributed by atoms with van der Waals surface area (Å²) in [4.78, 5) is 0. The second-order valence-electron chi connectivity index (χ2n) is 5.79. The maximum Gasteiger partial charge on any atom is 0.0762 e. The Morgan fingerprint density at radius 3 is 2.83 bits per heavy atom. The SMILES string of the molecule is CSC(C)(C)CNCc1ccn(C2CCCC2)n1. The predicted octanol–water partition coefficient (Wildman–Crippen LogP) is 3.23. The number of nitrogens with one attached hydrogen (secondary N) is 1. The quantitative estimate of drug-likeness (QED) is 0.858. The van der Waals surface area contributed by atoms with E-state index in [1.807, 2.05) is 11.8 Å². The van der Waals surface area contributed by atoms with Gasteiger partial charge in [-0.05, 0) is 39.0 Å². The topological polar surface area (TPSA) is 29.9 Å². The van der Waals surface area contributed by atoms with Gasteiger partial charge in [-0.2, -0.15) is 16.9 Å². The summed E-state index contributed by atoms with van der Waals surface area (Å²) in [6, 6.07) is 2.80. The number of rotatable bonds is 6. The summed E-state index contributed by atoms with van der Waals surface area (Å²) < 4.78 is 2.47. The van der Waals surface area contributed by atoms with Gasteiger partial charge in [0.15, 0.2) is 0 Å². The number of aromatic nitrogens is 2. The Bertz CT molecular complexity index is 367. The fraction of sp³-hybridized carbons (Fsp3) is 0.786. The molecule has 0 atom stereocenters. The van der Waals surface area contributed by atoms with Crippen molar-refractivity contribution in [3.05, 3.63) is 18.0 Å². The van der Waals surface area contributed by atoms with Crippen LogP contribution in [0.25, 0.3) is 0 Å². The van der Waals surface area contributed by atoms with Gasteiger partial charge in [-0.1, -0.05) is 12.8 Å². The summed E-state index contributed by atoms with van der Waals surface area (Å²) in [6.07, 6.45) is 9.63. The van der Waals surface area contributed by atoms with Crippen LogP contribution in [0.5, 0.6) is 0 Å². The molecule has 0 aromatic carbocycles. The minimum absolute atomic E-state index is 0.300.